The van der Waals surface area contributed by atoms with Gasteiger partial charge in [-0.25, -0.2) is 0 Å². The van der Waals surface area contributed by atoms with Crippen LogP contribution >= 0.6 is 0 Å². The minimum Gasteiger partial charge on any atom is -0.310 e. The summed E-state index contributed by atoms with van der Waals surface area (Å²) >= 11 is 0. The van der Waals surface area contributed by atoms with Gasteiger partial charge >= 0.3 is 0 Å². The fraction of sp³-hybridized carbons (Fsp3) is 0.167. The molecule has 0 N–H and O–H groups in total. The Hall–Kier alpha value is -10.3. The maximum atomic E-state index is 2.64. The first-order valence-electron chi connectivity index (χ1n) is 37.1. The summed E-state index contributed by atoms with van der Waals surface area (Å²) in [4.78, 5) is 9.88. The first-order valence-corrected chi connectivity index (χ1v) is 51.1. The minimum absolute atomic E-state index is 0.0937. The van der Waals surface area contributed by atoms with Crippen molar-refractivity contribution in [2.45, 2.75) is 102 Å². The van der Waals surface area contributed by atoms with E-state index in [0.717, 1.165) is 62.3 Å². The Kier molecular flexibility index (Phi) is 16.9. The summed E-state index contributed by atoms with van der Waals surface area (Å²) in [6.45, 7) is 36.1. The molecular formula is C96H94N4Si4. The van der Waals surface area contributed by atoms with Gasteiger partial charge in [-0.2, -0.15) is 0 Å². The molecule has 0 atom stereocenters. The highest BCUT2D eigenvalue weighted by molar-refractivity contribution is 7.00. The third kappa shape index (κ3) is 11.2. The van der Waals surface area contributed by atoms with Crippen molar-refractivity contribution in [1.82, 2.24) is 0 Å². The third-order valence-corrected chi connectivity index (χ3v) is 43.1. The molecule has 0 aliphatic heterocycles. The van der Waals surface area contributed by atoms with Crippen LogP contribution in [-0.2, 0) is 9.32 Å². The Morgan fingerprint density at radius 2 is 0.519 bits per heavy atom. The van der Waals surface area contributed by atoms with Crippen molar-refractivity contribution >= 4 is 122 Å². The van der Waals surface area contributed by atoms with E-state index < -0.39 is 32.3 Å². The highest BCUT2D eigenvalue weighted by Crippen LogP contribution is 2.62. The number of benzene rings is 14. The van der Waals surface area contributed by atoms with Gasteiger partial charge in [0.05, 0.1) is 32.3 Å². The average Bonchev–Trinajstić information content (AvgIpc) is 1.51. The minimum atomic E-state index is -2.12. The lowest BCUT2D eigenvalue weighted by molar-refractivity contribution is 0.953. The van der Waals surface area contributed by atoms with Crippen molar-refractivity contribution in [1.29, 1.82) is 0 Å². The van der Waals surface area contributed by atoms with Gasteiger partial charge < -0.3 is 19.6 Å². The lowest BCUT2D eigenvalue weighted by Crippen LogP contribution is -2.63. The summed E-state index contributed by atoms with van der Waals surface area (Å²) in [7, 11) is -8.44. The molecular weight excluding hydrogens is 1320 g/mol. The van der Waals surface area contributed by atoms with E-state index in [1.807, 2.05) is 0 Å². The van der Waals surface area contributed by atoms with Gasteiger partial charge in [0.2, 0.25) is 0 Å². The van der Waals surface area contributed by atoms with Gasteiger partial charge in [-0.05, 0) is 248 Å². The number of hydrogen-bond donors (Lipinski definition) is 0. The van der Waals surface area contributed by atoms with Crippen LogP contribution in [0.4, 0.5) is 68.2 Å². The maximum absolute atomic E-state index is 2.64. The molecule has 8 heteroatoms. The van der Waals surface area contributed by atoms with Gasteiger partial charge in [0, 0.05) is 77.6 Å². The van der Waals surface area contributed by atoms with Crippen LogP contribution in [0.2, 0.25) is 78.6 Å². The molecule has 4 nitrogen and oxygen atoms in total. The number of anilines is 12. The van der Waals surface area contributed by atoms with E-state index in [-0.39, 0.29) is 9.32 Å². The van der Waals surface area contributed by atoms with E-state index in [1.165, 1.54) is 94.2 Å². The van der Waals surface area contributed by atoms with Crippen LogP contribution in [-0.4, -0.2) is 32.3 Å². The molecule has 0 amide bonds. The predicted octanol–water partition coefficient (Wildman–Crippen LogP) is 28.2. The SMILES string of the molecule is Cc1ccccc1N(c1ccccc1)c1ccc2c(c1)C([Si](C)(C)C)([Si](C)(C)C)c1cc3cc(N(c4ccccc4)c4cc(-c5cccc(N(c6ccccc6)c6ccc7c(c6)C([Si](C)(C)C)([Si](C)(C)C)c6cc8cc(N(c9ccccc9)c9ccccc9)ccc8cc6-7)c5)ccc4C)ccc3cc1-2. The lowest BCUT2D eigenvalue weighted by atomic mass is 9.98. The molecule has 0 heterocycles. The molecule has 0 radical (unpaired) electrons. The van der Waals surface area contributed by atoms with Crippen molar-refractivity contribution in [3.8, 4) is 33.4 Å². The Morgan fingerprint density at radius 1 is 0.202 bits per heavy atom. The summed E-state index contributed by atoms with van der Waals surface area (Å²) in [5.74, 6) is 0. The van der Waals surface area contributed by atoms with Crippen LogP contribution in [0.3, 0.4) is 0 Å². The number of aryl methyl sites for hydroxylation is 2. The standard InChI is InChI=1S/C96H94N4Si4/c1-67-33-30-31-46-93(67)99(78-41-26-18-27-42-78)84-54-56-86-88-61-71-50-52-82(59-74(71)63-90(88)96(92(86)66-84,103(9,10)11)104(12,13)14)100(79-43-28-19-29-44-79)94-64-72(48-47-68(94)2)69-34-32-45-80(57-69)98(77-39-24-17-25-40-77)83-53-55-85-87-60-70-49-51-81(97(75-35-20-15-21-36-75)76-37-22-16-23-38-76)58-73(70)62-89(87)95(91(85)65-83,101(3,4)5)102(6,7)8/h15-66H,1-14H3. The molecule has 0 spiro atoms. The maximum Gasteiger partial charge on any atom is 0.0579 e. The van der Waals surface area contributed by atoms with E-state index in [1.54, 1.807) is 0 Å². The van der Waals surface area contributed by atoms with Gasteiger partial charge in [-0.15, -0.1) is 0 Å². The monoisotopic (exact) mass is 1410 g/mol. The molecule has 0 aromatic heterocycles. The summed E-state index contributed by atoms with van der Waals surface area (Å²) in [5.41, 5.74) is 30.2. The van der Waals surface area contributed by atoms with Gasteiger partial charge in [0.15, 0.2) is 0 Å². The highest BCUT2D eigenvalue weighted by Gasteiger charge is 2.61. The number of nitrogens with zero attached hydrogens (tertiary/aromatic N) is 4. The number of fused-ring (bicyclic) bond motifs is 8. The molecule has 0 saturated heterocycles. The fourth-order valence-electron chi connectivity index (χ4n) is 19.4. The van der Waals surface area contributed by atoms with Gasteiger partial charge in [0.25, 0.3) is 0 Å². The number of hydrogen-bond acceptors (Lipinski definition) is 4. The van der Waals surface area contributed by atoms with E-state index in [0.29, 0.717) is 0 Å². The molecule has 14 aromatic rings. The third-order valence-electron chi connectivity index (χ3n) is 23.0. The summed E-state index contributed by atoms with van der Waals surface area (Å²) in [6.07, 6.45) is 0. The quantitative estimate of drug-likeness (QED) is 0.0843. The Balaban J connectivity index is 0.795. The molecule has 2 aliphatic rings. The smallest absolute Gasteiger partial charge is 0.0579 e. The van der Waals surface area contributed by atoms with Crippen LogP contribution in [0, 0.1) is 13.8 Å². The van der Waals surface area contributed by atoms with Crippen molar-refractivity contribution in [3.63, 3.8) is 0 Å². The molecule has 2 aliphatic carbocycles. The van der Waals surface area contributed by atoms with Gasteiger partial charge in [-0.3, -0.25) is 0 Å². The van der Waals surface area contributed by atoms with Crippen LogP contribution in [0.1, 0.15) is 33.4 Å². The lowest BCUT2D eigenvalue weighted by Gasteiger charge is -2.51. The molecule has 16 rings (SSSR count). The summed E-state index contributed by atoms with van der Waals surface area (Å²) in [5, 5.41) is 5.06. The molecule has 0 fully saturated rings. The predicted molar refractivity (Wildman–Crippen MR) is 461 cm³/mol. The van der Waals surface area contributed by atoms with E-state index in [9.17, 15) is 0 Å². The van der Waals surface area contributed by atoms with Gasteiger partial charge in [0.1, 0.15) is 0 Å². The van der Waals surface area contributed by atoms with Crippen LogP contribution < -0.4 is 19.6 Å². The molecule has 514 valence electrons. The zero-order valence-electron chi connectivity index (χ0n) is 62.8. The molecule has 0 bridgehead atoms. The molecule has 104 heavy (non-hydrogen) atoms. The number of para-hydroxylation sites is 6. The Morgan fingerprint density at radius 3 is 0.952 bits per heavy atom. The largest absolute Gasteiger partial charge is 0.310 e. The van der Waals surface area contributed by atoms with Crippen LogP contribution in [0.15, 0.2) is 315 Å². The molecule has 0 saturated carbocycles. The second-order valence-electron chi connectivity index (χ2n) is 33.2. The van der Waals surface area contributed by atoms with E-state index in [4.69, 9.17) is 0 Å². The van der Waals surface area contributed by atoms with E-state index >= 15 is 0 Å². The second kappa shape index (κ2) is 25.8. The Labute approximate surface area is 621 Å². The normalized spacial score (nSPS) is 13.6. The zero-order valence-corrected chi connectivity index (χ0v) is 66.8. The molecule has 0 unspecified atom stereocenters. The highest BCUT2D eigenvalue weighted by atomic mass is 28.4. The zero-order chi connectivity index (χ0) is 72.2. The fourth-order valence-corrected chi connectivity index (χ4v) is 45.5. The van der Waals surface area contributed by atoms with Gasteiger partial charge in [-0.1, -0.05) is 248 Å². The summed E-state index contributed by atoms with van der Waals surface area (Å²) < 4.78 is -0.206. The topological polar surface area (TPSA) is 13.0 Å². The Bertz CT molecular complexity index is 5530. The van der Waals surface area contributed by atoms with Crippen molar-refractivity contribution in [2.75, 3.05) is 19.6 Å². The first kappa shape index (κ1) is 68.1. The van der Waals surface area contributed by atoms with Crippen molar-refractivity contribution in [2.24, 2.45) is 0 Å². The average molecular weight is 1420 g/mol. The number of rotatable bonds is 17. The van der Waals surface area contributed by atoms with Crippen LogP contribution in [0.5, 0.6) is 0 Å². The van der Waals surface area contributed by atoms with Crippen LogP contribution in [0.25, 0.3) is 54.9 Å². The molecule has 14 aromatic carbocycles. The van der Waals surface area contributed by atoms with Crippen molar-refractivity contribution in [3.05, 3.63) is 349 Å². The second-order valence-corrected chi connectivity index (χ2v) is 55.2. The van der Waals surface area contributed by atoms with Crippen molar-refractivity contribution < 1.29 is 0 Å². The first-order chi connectivity index (χ1) is 49.9. The van der Waals surface area contributed by atoms with E-state index in [2.05, 4.69) is 427 Å². The summed E-state index contributed by atoms with van der Waals surface area (Å²) in [6, 6.07) is 119.